The molecule has 0 spiro atoms. The van der Waals surface area contributed by atoms with Gasteiger partial charge >= 0.3 is 6.18 Å². The zero-order valence-corrected chi connectivity index (χ0v) is 17.8. The predicted molar refractivity (Wildman–Crippen MR) is 118 cm³/mol. The summed E-state index contributed by atoms with van der Waals surface area (Å²) in [6, 6.07) is 12.9. The Morgan fingerprint density at radius 1 is 0.969 bits per heavy atom. The molecule has 2 unspecified atom stereocenters. The lowest BCUT2D eigenvalue weighted by atomic mass is 9.83. The molecule has 2 fully saturated rings. The number of hydrogen-bond acceptors (Lipinski definition) is 3. The second-order valence-corrected chi connectivity index (χ2v) is 8.94. The molecule has 2 saturated heterocycles. The van der Waals surface area contributed by atoms with Gasteiger partial charge in [-0.15, -0.1) is 0 Å². The fourth-order valence-electron chi connectivity index (χ4n) is 5.41. The van der Waals surface area contributed by atoms with Gasteiger partial charge < -0.3 is 9.47 Å². The second kappa shape index (κ2) is 8.35. The van der Waals surface area contributed by atoms with Crippen LogP contribution in [-0.2, 0) is 12.7 Å². The van der Waals surface area contributed by atoms with Crippen LogP contribution in [0.15, 0.2) is 53.3 Å². The number of fused-ring (bicyclic) bond motifs is 2. The molecule has 1 aromatic heterocycles. The Bertz CT molecular complexity index is 1170. The van der Waals surface area contributed by atoms with Gasteiger partial charge in [0.2, 0.25) is 0 Å². The fraction of sp³-hybridized carbons (Fsp3) is 0.440. The molecule has 32 heavy (non-hydrogen) atoms. The summed E-state index contributed by atoms with van der Waals surface area (Å²) in [5.41, 5.74) is 0.502. The lowest BCUT2D eigenvalue weighted by Crippen LogP contribution is -2.49. The zero-order valence-electron chi connectivity index (χ0n) is 17.8. The van der Waals surface area contributed by atoms with Crippen molar-refractivity contribution in [3.05, 3.63) is 64.4 Å². The van der Waals surface area contributed by atoms with Crippen LogP contribution in [0, 0.1) is 5.92 Å². The van der Waals surface area contributed by atoms with E-state index in [1.54, 1.807) is 28.8 Å². The molecule has 0 amide bonds. The second-order valence-electron chi connectivity index (χ2n) is 8.94. The Balaban J connectivity index is 1.64. The van der Waals surface area contributed by atoms with Crippen LogP contribution in [0.3, 0.4) is 0 Å². The van der Waals surface area contributed by atoms with E-state index in [1.165, 1.54) is 18.9 Å². The van der Waals surface area contributed by atoms with Crippen LogP contribution in [0.2, 0.25) is 0 Å². The third kappa shape index (κ3) is 3.94. The normalized spacial score (nSPS) is 22.1. The number of piperidine rings is 2. The number of benzene rings is 2. The summed E-state index contributed by atoms with van der Waals surface area (Å²) in [7, 11) is 0. The van der Waals surface area contributed by atoms with Gasteiger partial charge in [0.05, 0.1) is 16.6 Å². The van der Waals surface area contributed by atoms with E-state index in [0.717, 1.165) is 44.5 Å². The van der Waals surface area contributed by atoms with Crippen LogP contribution in [0.4, 0.5) is 13.2 Å². The maximum Gasteiger partial charge on any atom is 0.416 e. The Kier molecular flexibility index (Phi) is 5.53. The maximum atomic E-state index is 13.6. The Morgan fingerprint density at radius 2 is 1.75 bits per heavy atom. The van der Waals surface area contributed by atoms with Gasteiger partial charge in [0.25, 0.3) is 5.56 Å². The van der Waals surface area contributed by atoms with Crippen molar-refractivity contribution in [1.82, 2.24) is 14.5 Å². The molecule has 2 atom stereocenters. The van der Waals surface area contributed by atoms with Crippen LogP contribution in [0.25, 0.3) is 22.3 Å². The molecule has 2 aliphatic heterocycles. The average molecular weight is 441 g/mol. The Hall–Kier alpha value is -2.67. The number of hydrogen-bond donors (Lipinski definition) is 0. The highest BCUT2D eigenvalue weighted by atomic mass is 19.4. The number of rotatable bonds is 3. The number of alkyl halides is 3. The third-order valence-corrected chi connectivity index (χ3v) is 6.97. The molecule has 0 saturated carbocycles. The Labute approximate surface area is 184 Å². The summed E-state index contributed by atoms with van der Waals surface area (Å²) in [5, 5.41) is 0. The number of halogens is 3. The van der Waals surface area contributed by atoms with Gasteiger partial charge in [0, 0.05) is 18.2 Å². The topological polar surface area (TPSA) is 38.1 Å². The number of aromatic nitrogens is 2. The van der Waals surface area contributed by atoms with Gasteiger partial charge in [-0.3, -0.25) is 4.79 Å². The van der Waals surface area contributed by atoms with Crippen LogP contribution >= 0.6 is 0 Å². The maximum absolute atomic E-state index is 13.6. The molecule has 3 heterocycles. The van der Waals surface area contributed by atoms with E-state index in [-0.39, 0.29) is 16.8 Å². The highest BCUT2D eigenvalue weighted by molar-refractivity contribution is 5.78. The summed E-state index contributed by atoms with van der Waals surface area (Å²) in [6.45, 7) is 2.69. The van der Waals surface area contributed by atoms with Crippen molar-refractivity contribution in [2.75, 3.05) is 13.1 Å². The molecule has 0 radical (unpaired) electrons. The van der Waals surface area contributed by atoms with E-state index in [4.69, 9.17) is 0 Å². The van der Waals surface area contributed by atoms with Crippen LogP contribution < -0.4 is 5.56 Å². The van der Waals surface area contributed by atoms with E-state index in [9.17, 15) is 18.0 Å². The minimum absolute atomic E-state index is 0.203. The van der Waals surface area contributed by atoms with Crippen molar-refractivity contribution in [2.45, 2.75) is 50.9 Å². The van der Waals surface area contributed by atoms with E-state index in [1.807, 2.05) is 6.07 Å². The largest absolute Gasteiger partial charge is 0.416 e. The highest BCUT2D eigenvalue weighted by Gasteiger charge is 2.34. The first-order valence-electron chi connectivity index (χ1n) is 11.3. The minimum atomic E-state index is -4.46. The SMILES string of the molecule is O=c1c(-c2ccccc2)nc2cc(C(F)(F)F)ccc2n1CC1CCCN2CCCCC12. The van der Waals surface area contributed by atoms with E-state index in [2.05, 4.69) is 9.88 Å². The highest BCUT2D eigenvalue weighted by Crippen LogP contribution is 2.34. The lowest BCUT2D eigenvalue weighted by molar-refractivity contribution is -0.137. The first kappa shape index (κ1) is 21.2. The van der Waals surface area contributed by atoms with Gasteiger partial charge in [-0.25, -0.2) is 4.98 Å². The van der Waals surface area contributed by atoms with Crippen molar-refractivity contribution in [1.29, 1.82) is 0 Å². The summed E-state index contributed by atoms with van der Waals surface area (Å²) >= 11 is 0. The monoisotopic (exact) mass is 441 g/mol. The van der Waals surface area contributed by atoms with Gasteiger partial charge in [-0.2, -0.15) is 13.2 Å². The summed E-state index contributed by atoms with van der Waals surface area (Å²) in [6.07, 6.45) is 1.16. The van der Waals surface area contributed by atoms with E-state index in [0.29, 0.717) is 29.6 Å². The van der Waals surface area contributed by atoms with Crippen LogP contribution in [0.1, 0.15) is 37.7 Å². The molecular formula is C25H26F3N3O. The third-order valence-electron chi connectivity index (χ3n) is 6.97. The van der Waals surface area contributed by atoms with Crippen molar-refractivity contribution in [3.63, 3.8) is 0 Å². The molecular weight excluding hydrogens is 415 g/mol. The van der Waals surface area contributed by atoms with Crippen molar-refractivity contribution >= 4 is 11.0 Å². The zero-order chi connectivity index (χ0) is 22.3. The molecule has 0 bridgehead atoms. The standard InChI is InChI=1S/C25H26F3N3O/c26-25(27,28)19-11-12-22-20(15-19)29-23(17-7-2-1-3-8-17)24(32)31(22)16-18-9-6-14-30-13-5-4-10-21(18)30/h1-3,7-8,11-12,15,18,21H,4-6,9-10,13-14,16H2. The van der Waals surface area contributed by atoms with E-state index < -0.39 is 11.7 Å². The lowest BCUT2D eigenvalue weighted by Gasteiger charge is -2.44. The molecule has 7 heteroatoms. The molecule has 4 nitrogen and oxygen atoms in total. The molecule has 2 aliphatic rings. The average Bonchev–Trinajstić information content (AvgIpc) is 2.80. The van der Waals surface area contributed by atoms with E-state index >= 15 is 0 Å². The molecule has 168 valence electrons. The molecule has 5 rings (SSSR count). The smallest absolute Gasteiger partial charge is 0.305 e. The first-order chi connectivity index (χ1) is 15.4. The van der Waals surface area contributed by atoms with Crippen molar-refractivity contribution in [3.8, 4) is 11.3 Å². The molecule has 3 aromatic rings. The van der Waals surface area contributed by atoms with Gasteiger partial charge in [0.15, 0.2) is 0 Å². The quantitative estimate of drug-likeness (QED) is 0.550. The van der Waals surface area contributed by atoms with Crippen molar-refractivity contribution < 1.29 is 13.2 Å². The molecule has 0 aliphatic carbocycles. The summed E-state index contributed by atoms with van der Waals surface area (Å²) in [5.74, 6) is 0.304. The van der Waals surface area contributed by atoms with Crippen LogP contribution in [0.5, 0.6) is 0 Å². The molecule has 0 N–H and O–H groups in total. The summed E-state index contributed by atoms with van der Waals surface area (Å²) in [4.78, 5) is 20.5. The number of nitrogens with zero attached hydrogens (tertiary/aromatic N) is 3. The first-order valence-corrected chi connectivity index (χ1v) is 11.3. The van der Waals surface area contributed by atoms with Crippen LogP contribution in [-0.4, -0.2) is 33.6 Å². The van der Waals surface area contributed by atoms with Crippen molar-refractivity contribution in [2.24, 2.45) is 5.92 Å². The fourth-order valence-corrected chi connectivity index (χ4v) is 5.41. The minimum Gasteiger partial charge on any atom is -0.305 e. The summed E-state index contributed by atoms with van der Waals surface area (Å²) < 4.78 is 41.8. The van der Waals surface area contributed by atoms with Gasteiger partial charge in [-0.1, -0.05) is 36.8 Å². The van der Waals surface area contributed by atoms with Gasteiger partial charge in [0.1, 0.15) is 5.69 Å². The molecule has 2 aromatic carbocycles. The van der Waals surface area contributed by atoms with Gasteiger partial charge in [-0.05, 0) is 62.9 Å². The predicted octanol–water partition coefficient (Wildman–Crippen LogP) is 5.35. The Morgan fingerprint density at radius 3 is 2.53 bits per heavy atom.